The second-order valence-corrected chi connectivity index (χ2v) is 5.27. The quantitative estimate of drug-likeness (QED) is 0.713. The van der Waals surface area contributed by atoms with Gasteiger partial charge in [-0.1, -0.05) is 24.3 Å². The Morgan fingerprint density at radius 2 is 1.83 bits per heavy atom. The molecular formula is C18H13F2N3. The van der Waals surface area contributed by atoms with Gasteiger partial charge in [0.25, 0.3) is 5.92 Å². The molecule has 0 saturated heterocycles. The van der Waals surface area contributed by atoms with Gasteiger partial charge in [-0.25, -0.2) is 13.5 Å². The van der Waals surface area contributed by atoms with E-state index in [1.807, 2.05) is 12.1 Å². The largest absolute Gasteiger partial charge is 0.270 e. The molecule has 0 spiro atoms. The zero-order chi connectivity index (χ0) is 16.4. The lowest BCUT2D eigenvalue weighted by molar-refractivity contribution is 0.0175. The Labute approximate surface area is 132 Å². The van der Waals surface area contributed by atoms with E-state index in [9.17, 15) is 8.78 Å². The van der Waals surface area contributed by atoms with Crippen molar-refractivity contribution in [3.63, 3.8) is 0 Å². The molecule has 2 aromatic carbocycles. The molecular weight excluding hydrogens is 296 g/mol. The first-order valence-electron chi connectivity index (χ1n) is 7.02. The highest BCUT2D eigenvalue weighted by molar-refractivity contribution is 5.61. The van der Waals surface area contributed by atoms with Gasteiger partial charge in [0.1, 0.15) is 0 Å². The molecule has 0 aliphatic rings. The lowest BCUT2D eigenvalue weighted by Crippen LogP contribution is -2.07. The molecule has 0 fully saturated rings. The summed E-state index contributed by atoms with van der Waals surface area (Å²) in [6, 6.07) is 17.1. The van der Waals surface area contributed by atoms with Gasteiger partial charge in [-0.2, -0.15) is 10.4 Å². The van der Waals surface area contributed by atoms with Crippen LogP contribution in [0.4, 0.5) is 8.78 Å². The standard InChI is InChI=1S/C18H13F2N3/c1-18(19,20)15-5-7-16(8-6-15)23-10-9-17(22-23)14-4-2-3-13(11-14)12-21/h2-11H,1H3. The van der Waals surface area contributed by atoms with Crippen molar-refractivity contribution < 1.29 is 8.78 Å². The van der Waals surface area contributed by atoms with Crippen molar-refractivity contribution >= 4 is 0 Å². The number of halogens is 2. The van der Waals surface area contributed by atoms with Crippen LogP contribution in [-0.4, -0.2) is 9.78 Å². The van der Waals surface area contributed by atoms with E-state index in [4.69, 9.17) is 5.26 Å². The molecule has 0 aliphatic heterocycles. The fourth-order valence-electron chi connectivity index (χ4n) is 2.28. The van der Waals surface area contributed by atoms with Crippen molar-refractivity contribution in [2.24, 2.45) is 0 Å². The van der Waals surface area contributed by atoms with Crippen LogP contribution >= 0.6 is 0 Å². The molecule has 0 N–H and O–H groups in total. The van der Waals surface area contributed by atoms with Crippen LogP contribution in [0, 0.1) is 11.3 Å². The lowest BCUT2D eigenvalue weighted by atomic mass is 10.1. The summed E-state index contributed by atoms with van der Waals surface area (Å²) in [6.45, 7) is 0.871. The molecule has 3 aromatic rings. The number of nitriles is 1. The van der Waals surface area contributed by atoms with Crippen molar-refractivity contribution in [3.8, 4) is 23.0 Å². The molecule has 1 heterocycles. The van der Waals surface area contributed by atoms with Crippen molar-refractivity contribution in [3.05, 3.63) is 71.9 Å². The monoisotopic (exact) mass is 309 g/mol. The normalized spacial score (nSPS) is 11.2. The highest BCUT2D eigenvalue weighted by atomic mass is 19.3. The highest BCUT2D eigenvalue weighted by Crippen LogP contribution is 2.27. The van der Waals surface area contributed by atoms with Gasteiger partial charge in [-0.05, 0) is 30.3 Å². The smallest absolute Gasteiger partial charge is 0.240 e. The number of alkyl halides is 2. The van der Waals surface area contributed by atoms with Crippen molar-refractivity contribution in [2.75, 3.05) is 0 Å². The van der Waals surface area contributed by atoms with E-state index in [-0.39, 0.29) is 5.56 Å². The Balaban J connectivity index is 1.91. The summed E-state index contributed by atoms with van der Waals surface area (Å²) in [4.78, 5) is 0. The number of aromatic nitrogens is 2. The molecule has 0 bridgehead atoms. The SMILES string of the molecule is CC(F)(F)c1ccc(-n2ccc(-c3cccc(C#N)c3)n2)cc1. The number of rotatable bonds is 3. The topological polar surface area (TPSA) is 41.6 Å². The van der Waals surface area contributed by atoms with Gasteiger partial charge in [-0.15, -0.1) is 0 Å². The van der Waals surface area contributed by atoms with Crippen LogP contribution in [0.5, 0.6) is 0 Å². The first-order valence-corrected chi connectivity index (χ1v) is 7.02. The first-order chi connectivity index (χ1) is 11.0. The summed E-state index contributed by atoms with van der Waals surface area (Å²) in [5.74, 6) is -2.86. The number of hydrogen-bond acceptors (Lipinski definition) is 2. The maximum atomic E-state index is 13.2. The minimum Gasteiger partial charge on any atom is -0.240 e. The van der Waals surface area contributed by atoms with Gasteiger partial charge in [0, 0.05) is 24.2 Å². The second kappa shape index (κ2) is 5.65. The highest BCUT2D eigenvalue weighted by Gasteiger charge is 2.23. The first kappa shape index (κ1) is 14.9. The molecule has 23 heavy (non-hydrogen) atoms. The number of nitrogens with zero attached hydrogens (tertiary/aromatic N) is 3. The minimum absolute atomic E-state index is 0.0321. The Morgan fingerprint density at radius 3 is 2.48 bits per heavy atom. The Bertz CT molecular complexity index is 868. The van der Waals surface area contributed by atoms with Crippen LogP contribution in [0.3, 0.4) is 0 Å². The number of benzene rings is 2. The molecule has 0 aliphatic carbocycles. The van der Waals surface area contributed by atoms with Crippen LogP contribution < -0.4 is 0 Å². The van der Waals surface area contributed by atoms with Gasteiger partial charge in [-0.3, -0.25) is 0 Å². The third kappa shape index (κ3) is 3.11. The van der Waals surface area contributed by atoms with Crippen molar-refractivity contribution in [1.82, 2.24) is 9.78 Å². The average molecular weight is 309 g/mol. The van der Waals surface area contributed by atoms with Crippen LogP contribution in [0.1, 0.15) is 18.1 Å². The predicted molar refractivity (Wildman–Crippen MR) is 83.3 cm³/mol. The van der Waals surface area contributed by atoms with Gasteiger partial charge in [0.15, 0.2) is 0 Å². The van der Waals surface area contributed by atoms with Gasteiger partial charge < -0.3 is 0 Å². The van der Waals surface area contributed by atoms with E-state index in [1.54, 1.807) is 41.2 Å². The molecule has 114 valence electrons. The van der Waals surface area contributed by atoms with E-state index < -0.39 is 5.92 Å². The Kier molecular flexibility index (Phi) is 3.67. The predicted octanol–water partition coefficient (Wildman–Crippen LogP) is 4.52. The van der Waals surface area contributed by atoms with E-state index in [0.717, 1.165) is 12.5 Å². The second-order valence-electron chi connectivity index (χ2n) is 5.27. The fraction of sp³-hybridized carbons (Fsp3) is 0.111. The fourth-order valence-corrected chi connectivity index (χ4v) is 2.28. The number of hydrogen-bond donors (Lipinski definition) is 0. The van der Waals surface area contributed by atoms with Crippen molar-refractivity contribution in [2.45, 2.75) is 12.8 Å². The summed E-state index contributed by atoms with van der Waals surface area (Å²) >= 11 is 0. The summed E-state index contributed by atoms with van der Waals surface area (Å²) in [5, 5.41) is 13.4. The van der Waals surface area contributed by atoms with E-state index >= 15 is 0 Å². The molecule has 5 heteroatoms. The van der Waals surface area contributed by atoms with Crippen molar-refractivity contribution in [1.29, 1.82) is 5.26 Å². The molecule has 0 radical (unpaired) electrons. The van der Waals surface area contributed by atoms with Crippen LogP contribution in [-0.2, 0) is 5.92 Å². The molecule has 3 nitrogen and oxygen atoms in total. The third-order valence-corrected chi connectivity index (χ3v) is 3.52. The van der Waals surface area contributed by atoms with Crippen LogP contribution in [0.15, 0.2) is 60.8 Å². The van der Waals surface area contributed by atoms with Crippen LogP contribution in [0.2, 0.25) is 0 Å². The molecule has 0 atom stereocenters. The van der Waals surface area contributed by atoms with E-state index in [1.165, 1.54) is 12.1 Å². The summed E-state index contributed by atoms with van der Waals surface area (Å²) in [6.07, 6.45) is 1.76. The summed E-state index contributed by atoms with van der Waals surface area (Å²) < 4.78 is 28.1. The molecule has 0 amide bonds. The summed E-state index contributed by atoms with van der Waals surface area (Å²) in [5.41, 5.74) is 2.77. The molecule has 1 aromatic heterocycles. The molecule has 0 unspecified atom stereocenters. The zero-order valence-corrected chi connectivity index (χ0v) is 12.4. The van der Waals surface area contributed by atoms with Crippen LogP contribution in [0.25, 0.3) is 16.9 Å². The maximum absolute atomic E-state index is 13.2. The zero-order valence-electron chi connectivity index (χ0n) is 12.4. The van der Waals surface area contributed by atoms with E-state index in [0.29, 0.717) is 16.9 Å². The molecule has 3 rings (SSSR count). The van der Waals surface area contributed by atoms with Gasteiger partial charge in [0.2, 0.25) is 0 Å². The minimum atomic E-state index is -2.86. The van der Waals surface area contributed by atoms with Gasteiger partial charge >= 0.3 is 0 Å². The average Bonchev–Trinajstić information content (AvgIpc) is 3.04. The Morgan fingerprint density at radius 1 is 1.09 bits per heavy atom. The molecule has 0 saturated carbocycles. The third-order valence-electron chi connectivity index (χ3n) is 3.52. The van der Waals surface area contributed by atoms with Gasteiger partial charge in [0.05, 0.1) is 23.0 Å². The summed E-state index contributed by atoms with van der Waals surface area (Å²) in [7, 11) is 0. The van der Waals surface area contributed by atoms with E-state index in [2.05, 4.69) is 11.2 Å². The Hall–Kier alpha value is -3.00. The lowest BCUT2D eigenvalue weighted by Gasteiger charge is -2.11. The maximum Gasteiger partial charge on any atom is 0.270 e.